The molecule has 2 heterocycles. The molecule has 0 spiro atoms. The molecule has 0 atom stereocenters. The number of hydrogen-bond donors (Lipinski definition) is 2. The van der Waals surface area contributed by atoms with Crippen molar-refractivity contribution in [2.75, 3.05) is 5.32 Å². The number of anilines is 2. The summed E-state index contributed by atoms with van der Waals surface area (Å²) in [6, 6.07) is 18.5. The highest BCUT2D eigenvalue weighted by atomic mass is 35.5. The zero-order valence-corrected chi connectivity index (χ0v) is 18.3. The summed E-state index contributed by atoms with van der Waals surface area (Å²) in [6.07, 6.45) is 1.47. The molecule has 0 aliphatic carbocycles. The Kier molecular flexibility index (Phi) is 6.29. The van der Waals surface area contributed by atoms with Crippen molar-refractivity contribution in [2.45, 2.75) is 19.9 Å². The lowest BCUT2D eigenvalue weighted by Gasteiger charge is -2.09. The second kappa shape index (κ2) is 9.46. The Morgan fingerprint density at radius 3 is 2.69 bits per heavy atom. The van der Waals surface area contributed by atoms with E-state index in [0.717, 1.165) is 16.8 Å². The molecule has 0 saturated carbocycles. The van der Waals surface area contributed by atoms with Crippen LogP contribution in [0, 0.1) is 11.8 Å². The van der Waals surface area contributed by atoms with E-state index in [9.17, 15) is 4.79 Å². The summed E-state index contributed by atoms with van der Waals surface area (Å²) in [5.41, 5.74) is 4.14. The van der Waals surface area contributed by atoms with Crippen molar-refractivity contribution in [3.8, 4) is 11.8 Å². The van der Waals surface area contributed by atoms with Gasteiger partial charge in [-0.05, 0) is 56.3 Å². The molecule has 2 aromatic carbocycles. The molecule has 158 valence electrons. The van der Waals surface area contributed by atoms with Gasteiger partial charge >= 0.3 is 0 Å². The van der Waals surface area contributed by atoms with E-state index < -0.39 is 0 Å². The zero-order chi connectivity index (χ0) is 22.5. The van der Waals surface area contributed by atoms with Crippen LogP contribution in [0.25, 0.3) is 11.0 Å². The molecule has 0 fully saturated rings. The first kappa shape index (κ1) is 21.3. The largest absolute Gasteiger partial charge is 0.350 e. The molecule has 0 aliphatic rings. The Morgan fingerprint density at radius 1 is 1.00 bits per heavy atom. The molecule has 0 radical (unpaired) electrons. The number of nitrogens with zero attached hydrogens (tertiary/aromatic N) is 3. The van der Waals surface area contributed by atoms with Gasteiger partial charge in [-0.2, -0.15) is 0 Å². The van der Waals surface area contributed by atoms with Crippen molar-refractivity contribution >= 4 is 40.0 Å². The quantitative estimate of drug-likeness (QED) is 0.345. The van der Waals surface area contributed by atoms with E-state index in [0.29, 0.717) is 27.6 Å². The van der Waals surface area contributed by atoms with E-state index in [2.05, 4.69) is 37.4 Å². The number of benzene rings is 2. The first-order valence-electron chi connectivity index (χ1n) is 10.1. The molecule has 0 saturated heterocycles. The first-order valence-corrected chi connectivity index (χ1v) is 10.4. The monoisotopic (exact) mass is 441 g/mol. The van der Waals surface area contributed by atoms with Gasteiger partial charge in [-0.15, -0.1) is 0 Å². The lowest BCUT2D eigenvalue weighted by Crippen LogP contribution is -2.30. The Balaban J connectivity index is 1.64. The molecular weight excluding hydrogens is 422 g/mol. The summed E-state index contributed by atoms with van der Waals surface area (Å²) in [5.74, 6) is 6.75. The summed E-state index contributed by atoms with van der Waals surface area (Å²) in [7, 11) is 0. The fourth-order valence-corrected chi connectivity index (χ4v) is 3.21. The minimum absolute atomic E-state index is 0.0671. The van der Waals surface area contributed by atoms with Crippen molar-refractivity contribution < 1.29 is 4.79 Å². The van der Waals surface area contributed by atoms with Gasteiger partial charge in [0, 0.05) is 22.7 Å². The molecule has 4 rings (SSSR count). The summed E-state index contributed by atoms with van der Waals surface area (Å²) < 4.78 is 0. The van der Waals surface area contributed by atoms with Crippen molar-refractivity contribution in [3.05, 3.63) is 88.8 Å². The fraction of sp³-hybridized carbons (Fsp3) is 0.120. The van der Waals surface area contributed by atoms with E-state index in [1.54, 1.807) is 24.3 Å². The van der Waals surface area contributed by atoms with E-state index >= 15 is 0 Å². The maximum absolute atomic E-state index is 12.3. The normalized spacial score (nSPS) is 10.5. The number of hydrogen-bond acceptors (Lipinski definition) is 5. The van der Waals surface area contributed by atoms with Gasteiger partial charge in [-0.1, -0.05) is 41.6 Å². The number of pyridine rings is 1. The van der Waals surface area contributed by atoms with Crippen LogP contribution in [0.15, 0.2) is 67.0 Å². The summed E-state index contributed by atoms with van der Waals surface area (Å²) >= 11 is 6.06. The third-order valence-corrected chi connectivity index (χ3v) is 4.72. The van der Waals surface area contributed by atoms with Crippen molar-refractivity contribution in [1.82, 2.24) is 20.3 Å². The van der Waals surface area contributed by atoms with Crippen LogP contribution in [0.4, 0.5) is 11.5 Å². The van der Waals surface area contributed by atoms with Crippen LogP contribution in [0.1, 0.15) is 35.3 Å². The molecule has 0 unspecified atom stereocenters. The molecule has 7 heteroatoms. The number of carbonyl (C=O) groups excluding carboxylic acids is 1. The van der Waals surface area contributed by atoms with Gasteiger partial charge in [-0.3, -0.25) is 4.79 Å². The van der Waals surface area contributed by atoms with Crippen molar-refractivity contribution in [1.29, 1.82) is 0 Å². The number of halogens is 1. The molecule has 2 N–H and O–H groups in total. The highest BCUT2D eigenvalue weighted by Gasteiger charge is 2.09. The number of nitrogens with one attached hydrogen (secondary N) is 2. The first-order chi connectivity index (χ1) is 15.5. The number of aromatic nitrogens is 3. The second-order valence-corrected chi connectivity index (χ2v) is 7.74. The lowest BCUT2D eigenvalue weighted by molar-refractivity contribution is 0.0943. The van der Waals surface area contributed by atoms with Gasteiger partial charge in [0.05, 0.1) is 11.2 Å². The van der Waals surface area contributed by atoms with Crippen LogP contribution in [-0.2, 0) is 0 Å². The highest BCUT2D eigenvalue weighted by Crippen LogP contribution is 2.24. The molecule has 0 aliphatic heterocycles. The third kappa shape index (κ3) is 5.02. The van der Waals surface area contributed by atoms with Gasteiger partial charge in [0.15, 0.2) is 5.82 Å². The Hall–Kier alpha value is -3.95. The van der Waals surface area contributed by atoms with Crippen LogP contribution in [0.2, 0.25) is 5.15 Å². The van der Waals surface area contributed by atoms with Gasteiger partial charge in [-0.25, -0.2) is 15.0 Å². The van der Waals surface area contributed by atoms with E-state index in [1.807, 2.05) is 50.2 Å². The van der Waals surface area contributed by atoms with Crippen LogP contribution in [0.3, 0.4) is 0 Å². The minimum atomic E-state index is -0.118. The van der Waals surface area contributed by atoms with Gasteiger partial charge in [0.1, 0.15) is 17.0 Å². The predicted octanol–water partition coefficient (Wildman–Crippen LogP) is 4.96. The van der Waals surface area contributed by atoms with E-state index in [1.165, 1.54) is 6.33 Å². The molecule has 6 nitrogen and oxygen atoms in total. The van der Waals surface area contributed by atoms with Crippen LogP contribution < -0.4 is 10.6 Å². The molecule has 1 amide bonds. The average Bonchev–Trinajstić information content (AvgIpc) is 2.78. The molecular formula is C25H20ClN5O. The number of carbonyl (C=O) groups is 1. The van der Waals surface area contributed by atoms with Crippen LogP contribution >= 0.6 is 11.6 Å². The zero-order valence-electron chi connectivity index (χ0n) is 17.6. The molecule has 0 bridgehead atoms. The topological polar surface area (TPSA) is 79.8 Å². The molecule has 32 heavy (non-hydrogen) atoms. The highest BCUT2D eigenvalue weighted by molar-refractivity contribution is 6.29. The fourth-order valence-electron chi connectivity index (χ4n) is 3.06. The summed E-state index contributed by atoms with van der Waals surface area (Å²) in [6.45, 7) is 3.85. The Labute approximate surface area is 191 Å². The third-order valence-electron chi connectivity index (χ3n) is 4.51. The Morgan fingerprint density at radius 2 is 1.84 bits per heavy atom. The number of fused-ring (bicyclic) bond motifs is 1. The van der Waals surface area contributed by atoms with Crippen LogP contribution in [-0.4, -0.2) is 26.9 Å². The van der Waals surface area contributed by atoms with Gasteiger partial charge in [0.2, 0.25) is 0 Å². The SMILES string of the molecule is CC(C)NC(=O)c1cccc(C#Cc2ccccc2Nc2ncnc3ccc(Cl)nc23)c1. The number of amides is 1. The van der Waals surface area contributed by atoms with Gasteiger partial charge in [0.25, 0.3) is 5.91 Å². The maximum Gasteiger partial charge on any atom is 0.251 e. The number of para-hydroxylation sites is 1. The van der Waals surface area contributed by atoms with Crippen molar-refractivity contribution in [3.63, 3.8) is 0 Å². The average molecular weight is 442 g/mol. The second-order valence-electron chi connectivity index (χ2n) is 7.35. The van der Waals surface area contributed by atoms with E-state index in [4.69, 9.17) is 11.6 Å². The lowest BCUT2D eigenvalue weighted by atomic mass is 10.1. The minimum Gasteiger partial charge on any atom is -0.350 e. The number of rotatable bonds is 4. The predicted molar refractivity (Wildman–Crippen MR) is 127 cm³/mol. The summed E-state index contributed by atoms with van der Waals surface area (Å²) in [5, 5.41) is 6.55. The van der Waals surface area contributed by atoms with Crippen molar-refractivity contribution in [2.24, 2.45) is 0 Å². The van der Waals surface area contributed by atoms with E-state index in [-0.39, 0.29) is 11.9 Å². The standard InChI is InChI=1S/C25H20ClN5O/c1-16(2)29-25(32)19-8-5-6-17(14-19)10-11-18-7-3-4-9-20(18)30-24-23-21(27-15-28-24)12-13-22(26)31-23/h3-9,12-16H,1-2H3,(H,29,32)(H,27,28,30). The van der Waals surface area contributed by atoms with Gasteiger partial charge < -0.3 is 10.6 Å². The molecule has 2 aromatic heterocycles. The Bertz CT molecular complexity index is 1360. The smallest absolute Gasteiger partial charge is 0.251 e. The van der Waals surface area contributed by atoms with Crippen LogP contribution in [0.5, 0.6) is 0 Å². The summed E-state index contributed by atoms with van der Waals surface area (Å²) in [4.78, 5) is 25.2. The maximum atomic E-state index is 12.3. The molecule has 4 aromatic rings.